The number of aromatic nitrogens is 6. The monoisotopic (exact) mass is 344 g/mol. The summed E-state index contributed by atoms with van der Waals surface area (Å²) in [5.74, 6) is 0.527. The zero-order chi connectivity index (χ0) is 17.8. The molecule has 3 aromatic rings. The molecule has 0 bridgehead atoms. The Hall–Kier alpha value is -2.83. The summed E-state index contributed by atoms with van der Waals surface area (Å²) in [6.45, 7) is 3.92. The van der Waals surface area contributed by atoms with Gasteiger partial charge < -0.3 is 11.1 Å². The third kappa shape index (κ3) is 8.55. The number of nitriles is 1. The summed E-state index contributed by atoms with van der Waals surface area (Å²) < 4.78 is 0. The van der Waals surface area contributed by atoms with E-state index < -0.39 is 0 Å². The fraction of sp³-hybridized carbons (Fsp3) is 0.143. The summed E-state index contributed by atoms with van der Waals surface area (Å²) in [5.41, 5.74) is 16.9. The van der Waals surface area contributed by atoms with Gasteiger partial charge in [0.15, 0.2) is 0 Å². The molecule has 3 rings (SSSR count). The minimum atomic E-state index is 0. The topological polar surface area (TPSA) is 163 Å². The predicted octanol–water partition coefficient (Wildman–Crippen LogP) is -0.298. The van der Waals surface area contributed by atoms with E-state index in [1.165, 1.54) is 4.91 Å². The molecule has 0 atom stereocenters. The SMILES string of the molecule is Cc1ccnc(-c2nn[nH]n2)c1.Cc1ccnc(C#N)c1.[N-]=[N+]=[N-].[Na+]. The van der Waals surface area contributed by atoms with Gasteiger partial charge in [-0.05, 0) is 54.5 Å². The molecule has 0 aliphatic carbocycles. The number of hydrogen-bond acceptors (Lipinski definition) is 6. The van der Waals surface area contributed by atoms with Gasteiger partial charge in [0.25, 0.3) is 0 Å². The first-order valence-electron chi connectivity index (χ1n) is 6.58. The number of rotatable bonds is 1. The molecule has 0 amide bonds. The van der Waals surface area contributed by atoms with Gasteiger partial charge in [-0.25, -0.2) is 4.98 Å². The number of hydrogen-bond donors (Lipinski definition) is 1. The molecule has 0 aliphatic heterocycles. The summed E-state index contributed by atoms with van der Waals surface area (Å²) in [6.07, 6.45) is 3.36. The molecule has 1 N–H and O–H groups in total. The number of H-pyrrole nitrogens is 1. The van der Waals surface area contributed by atoms with E-state index in [0.29, 0.717) is 11.5 Å². The molecule has 0 saturated heterocycles. The maximum Gasteiger partial charge on any atom is 1.00 e. The Labute approximate surface area is 166 Å². The minimum Gasteiger partial charge on any atom is -0.373 e. The molecule has 0 fully saturated rings. The first kappa shape index (κ1) is 22.2. The molecule has 0 unspecified atom stereocenters. The smallest absolute Gasteiger partial charge is 0.373 e. The Bertz CT molecular complexity index is 835. The van der Waals surface area contributed by atoms with Crippen molar-refractivity contribution in [2.75, 3.05) is 0 Å². The molecule has 10 nitrogen and oxygen atoms in total. The molecular weight excluding hydrogens is 331 g/mol. The van der Waals surface area contributed by atoms with Gasteiger partial charge in [-0.1, -0.05) is 0 Å². The Balaban J connectivity index is 0.000000397. The third-order valence-electron chi connectivity index (χ3n) is 2.52. The second-order valence-electron chi connectivity index (χ2n) is 4.37. The van der Waals surface area contributed by atoms with Gasteiger partial charge in [-0.15, -0.1) is 10.2 Å². The van der Waals surface area contributed by atoms with Crippen LogP contribution in [0.4, 0.5) is 0 Å². The number of aromatic amines is 1. The molecule has 120 valence electrons. The number of nitrogens with one attached hydrogen (secondary N) is 1. The van der Waals surface area contributed by atoms with E-state index in [2.05, 4.69) is 30.6 Å². The Morgan fingerprint density at radius 1 is 1.08 bits per heavy atom. The van der Waals surface area contributed by atoms with Crippen molar-refractivity contribution in [2.24, 2.45) is 0 Å². The van der Waals surface area contributed by atoms with Gasteiger partial charge in [0.2, 0.25) is 5.82 Å². The normalized spacial score (nSPS) is 8.20. The van der Waals surface area contributed by atoms with Crippen molar-refractivity contribution >= 4 is 0 Å². The third-order valence-corrected chi connectivity index (χ3v) is 2.52. The molecular formula is C14H13N10Na. The second-order valence-corrected chi connectivity index (χ2v) is 4.37. The van der Waals surface area contributed by atoms with Crippen molar-refractivity contribution in [3.63, 3.8) is 0 Å². The van der Waals surface area contributed by atoms with E-state index in [9.17, 15) is 0 Å². The van der Waals surface area contributed by atoms with E-state index >= 15 is 0 Å². The van der Waals surface area contributed by atoms with Crippen LogP contribution in [0.3, 0.4) is 0 Å². The predicted molar refractivity (Wildman–Crippen MR) is 85.9 cm³/mol. The first-order chi connectivity index (χ1) is 11.6. The molecule has 0 saturated carbocycles. The number of pyridine rings is 2. The summed E-state index contributed by atoms with van der Waals surface area (Å²) in [7, 11) is 0. The zero-order valence-electron chi connectivity index (χ0n) is 14.0. The number of aryl methyl sites for hydroxylation is 2. The summed E-state index contributed by atoms with van der Waals surface area (Å²) >= 11 is 0. The van der Waals surface area contributed by atoms with E-state index in [-0.39, 0.29) is 29.6 Å². The first-order valence-corrected chi connectivity index (χ1v) is 6.58. The van der Waals surface area contributed by atoms with Gasteiger partial charge in [0.05, 0.1) is 0 Å². The van der Waals surface area contributed by atoms with Crippen molar-refractivity contribution in [1.29, 1.82) is 5.26 Å². The van der Waals surface area contributed by atoms with E-state index in [1.807, 2.05) is 38.1 Å². The van der Waals surface area contributed by atoms with Crippen LogP contribution in [0.25, 0.3) is 27.5 Å². The van der Waals surface area contributed by atoms with Gasteiger partial charge in [0.1, 0.15) is 17.5 Å². The standard InChI is InChI=1S/C7H7N5.C7H6N2.N3.Na/c1-5-2-3-8-6(4-5)7-9-11-12-10-7;1-6-2-3-9-7(4-6)5-8;1-3-2;/h2-4H,1H3,(H,9,10,11,12);2-4H,1H3;;/q;;-1;+1. The molecule has 25 heavy (non-hydrogen) atoms. The average Bonchev–Trinajstić information content (AvgIpc) is 3.11. The fourth-order valence-corrected chi connectivity index (χ4v) is 1.53. The van der Waals surface area contributed by atoms with Crippen molar-refractivity contribution in [1.82, 2.24) is 30.6 Å². The summed E-state index contributed by atoms with van der Waals surface area (Å²) in [5, 5.41) is 21.8. The molecule has 3 aromatic heterocycles. The van der Waals surface area contributed by atoms with E-state index in [4.69, 9.17) is 16.3 Å². The average molecular weight is 344 g/mol. The van der Waals surface area contributed by atoms with Crippen LogP contribution in [0.2, 0.25) is 0 Å². The van der Waals surface area contributed by atoms with Crippen LogP contribution < -0.4 is 29.6 Å². The van der Waals surface area contributed by atoms with Crippen molar-refractivity contribution in [2.45, 2.75) is 13.8 Å². The quantitative estimate of drug-likeness (QED) is 0.276. The summed E-state index contributed by atoms with van der Waals surface area (Å²) in [6, 6.07) is 9.40. The van der Waals surface area contributed by atoms with Crippen LogP contribution in [0.5, 0.6) is 0 Å². The molecule has 3 heterocycles. The number of tetrazole rings is 1. The van der Waals surface area contributed by atoms with E-state index in [1.54, 1.807) is 18.5 Å². The molecule has 0 radical (unpaired) electrons. The van der Waals surface area contributed by atoms with Crippen molar-refractivity contribution in [3.8, 4) is 17.6 Å². The Kier molecular flexibility index (Phi) is 11.2. The van der Waals surface area contributed by atoms with Gasteiger partial charge >= 0.3 is 29.6 Å². The second kappa shape index (κ2) is 12.6. The van der Waals surface area contributed by atoms with Gasteiger partial charge in [-0.3, -0.25) is 9.90 Å². The van der Waals surface area contributed by atoms with Crippen LogP contribution in [-0.2, 0) is 0 Å². The van der Waals surface area contributed by atoms with Crippen LogP contribution >= 0.6 is 0 Å². The number of nitrogens with zero attached hydrogens (tertiary/aromatic N) is 9. The van der Waals surface area contributed by atoms with Crippen molar-refractivity contribution < 1.29 is 29.6 Å². The molecule has 0 aromatic carbocycles. The maximum atomic E-state index is 8.35. The van der Waals surface area contributed by atoms with Crippen LogP contribution in [0, 0.1) is 25.2 Å². The van der Waals surface area contributed by atoms with Gasteiger partial charge in [-0.2, -0.15) is 10.5 Å². The largest absolute Gasteiger partial charge is 1.00 e. The van der Waals surface area contributed by atoms with Gasteiger partial charge in [0, 0.05) is 12.4 Å². The molecule has 11 heteroatoms. The Morgan fingerprint density at radius 3 is 2.12 bits per heavy atom. The van der Waals surface area contributed by atoms with Crippen LogP contribution in [-0.4, -0.2) is 30.6 Å². The zero-order valence-corrected chi connectivity index (χ0v) is 16.0. The molecule has 0 aliphatic rings. The Morgan fingerprint density at radius 2 is 1.68 bits per heavy atom. The maximum absolute atomic E-state index is 8.35. The fourth-order valence-electron chi connectivity index (χ4n) is 1.53. The van der Waals surface area contributed by atoms with E-state index in [0.717, 1.165) is 16.8 Å². The minimum absolute atomic E-state index is 0. The summed E-state index contributed by atoms with van der Waals surface area (Å²) in [4.78, 5) is 9.39. The van der Waals surface area contributed by atoms with Crippen LogP contribution in [0.15, 0.2) is 36.7 Å². The van der Waals surface area contributed by atoms with Crippen molar-refractivity contribution in [3.05, 3.63) is 69.5 Å². The van der Waals surface area contributed by atoms with Crippen LogP contribution in [0.1, 0.15) is 16.8 Å². The molecule has 0 spiro atoms.